The van der Waals surface area contributed by atoms with Crippen LogP contribution in [0.25, 0.3) is 0 Å². The van der Waals surface area contributed by atoms with Gasteiger partial charge >= 0.3 is 0 Å². The Hall–Kier alpha value is -1.93. The van der Waals surface area contributed by atoms with Crippen molar-refractivity contribution in [2.45, 2.75) is 10.1 Å². The average molecular weight is 231 g/mol. The summed E-state index contributed by atoms with van der Waals surface area (Å²) < 4.78 is 12.6. The lowest BCUT2D eigenvalue weighted by atomic mass is 10.4. The number of nitrogens with zero attached hydrogens (tertiary/aromatic N) is 3. The molecule has 0 aliphatic carbocycles. The normalized spacial score (nSPS) is 9.75. The SMILES string of the molecule is N#Cc1cnc(Sc2ccc(F)cc2)nc1. The van der Waals surface area contributed by atoms with E-state index in [1.807, 2.05) is 6.07 Å². The lowest BCUT2D eigenvalue weighted by Crippen LogP contribution is -1.87. The van der Waals surface area contributed by atoms with Gasteiger partial charge in [0.05, 0.1) is 5.56 Å². The van der Waals surface area contributed by atoms with Gasteiger partial charge in [0, 0.05) is 17.3 Å². The van der Waals surface area contributed by atoms with Crippen molar-refractivity contribution in [3.8, 4) is 6.07 Å². The zero-order valence-electron chi connectivity index (χ0n) is 8.09. The summed E-state index contributed by atoms with van der Waals surface area (Å²) in [6.45, 7) is 0. The molecule has 0 fully saturated rings. The molecule has 0 atom stereocenters. The van der Waals surface area contributed by atoms with Crippen molar-refractivity contribution in [2.75, 3.05) is 0 Å². The van der Waals surface area contributed by atoms with E-state index in [0.717, 1.165) is 4.90 Å². The Morgan fingerprint density at radius 3 is 2.31 bits per heavy atom. The third-order valence-electron chi connectivity index (χ3n) is 1.78. The molecule has 2 rings (SSSR count). The van der Waals surface area contributed by atoms with Crippen molar-refractivity contribution < 1.29 is 4.39 Å². The molecule has 0 saturated heterocycles. The Morgan fingerprint density at radius 2 is 1.75 bits per heavy atom. The summed E-state index contributed by atoms with van der Waals surface area (Å²) in [5.41, 5.74) is 0.420. The quantitative estimate of drug-likeness (QED) is 0.745. The lowest BCUT2D eigenvalue weighted by molar-refractivity contribution is 0.626. The van der Waals surface area contributed by atoms with Gasteiger partial charge in [-0.1, -0.05) is 0 Å². The summed E-state index contributed by atoms with van der Waals surface area (Å²) in [7, 11) is 0. The van der Waals surface area contributed by atoms with Crippen LogP contribution in [0.3, 0.4) is 0 Å². The Kier molecular flexibility index (Phi) is 3.13. The lowest BCUT2D eigenvalue weighted by Gasteiger charge is -1.99. The minimum atomic E-state index is -0.273. The molecule has 0 saturated carbocycles. The molecule has 5 heteroatoms. The first-order valence-electron chi connectivity index (χ1n) is 4.43. The largest absolute Gasteiger partial charge is 0.229 e. The molecule has 1 aromatic carbocycles. The molecule has 0 aliphatic heterocycles. The number of hydrogen-bond donors (Lipinski definition) is 0. The summed E-state index contributed by atoms with van der Waals surface area (Å²) in [6.07, 6.45) is 2.91. The third-order valence-corrected chi connectivity index (χ3v) is 2.68. The Balaban J connectivity index is 2.15. The second-order valence-corrected chi connectivity index (χ2v) is 3.96. The van der Waals surface area contributed by atoms with Crippen LogP contribution in [0.1, 0.15) is 5.56 Å². The molecule has 0 aliphatic rings. The first-order valence-corrected chi connectivity index (χ1v) is 5.25. The highest BCUT2D eigenvalue weighted by Crippen LogP contribution is 2.23. The fraction of sp³-hybridized carbons (Fsp3) is 0. The van der Waals surface area contributed by atoms with Crippen molar-refractivity contribution in [3.63, 3.8) is 0 Å². The van der Waals surface area contributed by atoms with Crippen LogP contribution in [0.5, 0.6) is 0 Å². The Morgan fingerprint density at radius 1 is 1.12 bits per heavy atom. The van der Waals surface area contributed by atoms with Crippen molar-refractivity contribution in [2.24, 2.45) is 0 Å². The summed E-state index contributed by atoms with van der Waals surface area (Å²) in [5, 5.41) is 9.10. The minimum absolute atomic E-state index is 0.273. The standard InChI is InChI=1S/C11H6FN3S/c12-9-1-3-10(4-2-9)16-11-14-6-8(5-13)7-15-11/h1-4,6-7H. The molecule has 0 amide bonds. The van der Waals surface area contributed by atoms with E-state index in [4.69, 9.17) is 5.26 Å². The highest BCUT2D eigenvalue weighted by molar-refractivity contribution is 7.99. The maximum absolute atomic E-state index is 12.6. The van der Waals surface area contributed by atoms with E-state index in [-0.39, 0.29) is 5.82 Å². The first kappa shape index (κ1) is 10.6. The predicted molar refractivity (Wildman–Crippen MR) is 57.3 cm³/mol. The molecule has 16 heavy (non-hydrogen) atoms. The van der Waals surface area contributed by atoms with Gasteiger partial charge < -0.3 is 0 Å². The van der Waals surface area contributed by atoms with Crippen LogP contribution in [-0.2, 0) is 0 Å². The van der Waals surface area contributed by atoms with E-state index in [0.29, 0.717) is 10.7 Å². The van der Waals surface area contributed by atoms with Gasteiger partial charge in [0.15, 0.2) is 5.16 Å². The predicted octanol–water partition coefficient (Wildman–Crippen LogP) is 2.64. The summed E-state index contributed by atoms with van der Waals surface area (Å²) in [4.78, 5) is 8.86. The van der Waals surface area contributed by atoms with E-state index in [9.17, 15) is 4.39 Å². The fourth-order valence-electron chi connectivity index (χ4n) is 1.03. The van der Waals surface area contributed by atoms with Gasteiger partial charge in [-0.15, -0.1) is 0 Å². The molecule has 0 radical (unpaired) electrons. The van der Waals surface area contributed by atoms with Crippen molar-refractivity contribution >= 4 is 11.8 Å². The number of rotatable bonds is 2. The van der Waals surface area contributed by atoms with Gasteiger partial charge in [-0.3, -0.25) is 0 Å². The van der Waals surface area contributed by atoms with Crippen LogP contribution < -0.4 is 0 Å². The summed E-state index contributed by atoms with van der Waals surface area (Å²) in [6, 6.07) is 8.01. The monoisotopic (exact) mass is 231 g/mol. The van der Waals surface area contributed by atoms with Crippen LogP contribution in [0.4, 0.5) is 4.39 Å². The van der Waals surface area contributed by atoms with E-state index in [1.165, 1.54) is 36.3 Å². The highest BCUT2D eigenvalue weighted by atomic mass is 32.2. The number of nitriles is 1. The fourth-order valence-corrected chi connectivity index (χ4v) is 1.73. The zero-order chi connectivity index (χ0) is 11.4. The van der Waals surface area contributed by atoms with E-state index >= 15 is 0 Å². The second kappa shape index (κ2) is 4.73. The van der Waals surface area contributed by atoms with Crippen molar-refractivity contribution in [3.05, 3.63) is 48.0 Å². The molecule has 1 heterocycles. The van der Waals surface area contributed by atoms with Gasteiger partial charge in [-0.05, 0) is 36.0 Å². The molecule has 3 nitrogen and oxygen atoms in total. The second-order valence-electron chi connectivity index (χ2n) is 2.92. The first-order chi connectivity index (χ1) is 7.78. The Bertz CT molecular complexity index is 516. The van der Waals surface area contributed by atoms with Gasteiger partial charge in [0.25, 0.3) is 0 Å². The average Bonchev–Trinajstić information content (AvgIpc) is 2.33. The van der Waals surface area contributed by atoms with Gasteiger partial charge in [0.2, 0.25) is 0 Å². The van der Waals surface area contributed by atoms with Crippen LogP contribution in [0, 0.1) is 17.1 Å². The molecule has 0 unspecified atom stereocenters. The molecule has 2 aromatic rings. The topological polar surface area (TPSA) is 49.6 Å². The minimum Gasteiger partial charge on any atom is -0.229 e. The number of aromatic nitrogens is 2. The zero-order valence-corrected chi connectivity index (χ0v) is 8.91. The van der Waals surface area contributed by atoms with Crippen molar-refractivity contribution in [1.82, 2.24) is 9.97 Å². The third kappa shape index (κ3) is 2.55. The molecule has 1 aromatic heterocycles. The van der Waals surface area contributed by atoms with Gasteiger partial charge in [-0.25, -0.2) is 14.4 Å². The highest BCUT2D eigenvalue weighted by Gasteiger charge is 2.00. The molecule has 0 spiro atoms. The van der Waals surface area contributed by atoms with E-state index < -0.39 is 0 Å². The molecular formula is C11H6FN3S. The van der Waals surface area contributed by atoms with E-state index in [2.05, 4.69) is 9.97 Å². The number of benzene rings is 1. The summed E-state index contributed by atoms with van der Waals surface area (Å²) in [5.74, 6) is -0.273. The van der Waals surface area contributed by atoms with Crippen LogP contribution in [-0.4, -0.2) is 9.97 Å². The van der Waals surface area contributed by atoms with Crippen LogP contribution in [0.2, 0.25) is 0 Å². The maximum Gasteiger partial charge on any atom is 0.192 e. The van der Waals surface area contributed by atoms with E-state index in [1.54, 1.807) is 12.1 Å². The molecular weight excluding hydrogens is 225 g/mol. The van der Waals surface area contributed by atoms with Gasteiger partial charge in [-0.2, -0.15) is 5.26 Å². The molecule has 0 N–H and O–H groups in total. The number of halogens is 1. The maximum atomic E-state index is 12.6. The Labute approximate surface area is 96.0 Å². The van der Waals surface area contributed by atoms with Crippen LogP contribution >= 0.6 is 11.8 Å². The number of hydrogen-bond acceptors (Lipinski definition) is 4. The van der Waals surface area contributed by atoms with Crippen molar-refractivity contribution in [1.29, 1.82) is 5.26 Å². The van der Waals surface area contributed by atoms with Gasteiger partial charge in [0.1, 0.15) is 11.9 Å². The molecule has 78 valence electrons. The van der Waals surface area contributed by atoms with Crippen LogP contribution in [0.15, 0.2) is 46.7 Å². The summed E-state index contributed by atoms with van der Waals surface area (Å²) >= 11 is 1.32. The smallest absolute Gasteiger partial charge is 0.192 e. The molecule has 0 bridgehead atoms.